The summed E-state index contributed by atoms with van der Waals surface area (Å²) in [7, 11) is 0. The molecule has 1 heterocycles. The van der Waals surface area contributed by atoms with Crippen LogP contribution in [0.2, 0.25) is 0 Å². The highest BCUT2D eigenvalue weighted by molar-refractivity contribution is 8.01. The Kier molecular flexibility index (Phi) is 2.27. The first-order chi connectivity index (χ1) is 6.64. The largest absolute Gasteiger partial charge is 0.480 e. The molecule has 1 aliphatic rings. The summed E-state index contributed by atoms with van der Waals surface area (Å²) in [6.45, 7) is 1.79. The average Bonchev–Trinajstić information content (AvgIpc) is 2.18. The van der Waals surface area contributed by atoms with Gasteiger partial charge >= 0.3 is 5.97 Å². The predicted molar refractivity (Wildman–Crippen MR) is 57.6 cm³/mol. The van der Waals surface area contributed by atoms with Crippen LogP contribution in [0.15, 0.2) is 24.3 Å². The fourth-order valence-electron chi connectivity index (χ4n) is 1.82. The lowest BCUT2D eigenvalue weighted by molar-refractivity contribution is -0.139. The molecule has 1 N–H and O–H groups in total. The number of fused-ring (bicyclic) bond motifs is 1. The van der Waals surface area contributed by atoms with Crippen LogP contribution in [0, 0.1) is 0 Å². The van der Waals surface area contributed by atoms with Crippen molar-refractivity contribution in [2.45, 2.75) is 18.1 Å². The summed E-state index contributed by atoms with van der Waals surface area (Å²) >= 11 is 1.52. The van der Waals surface area contributed by atoms with E-state index in [1.54, 1.807) is 6.92 Å². The van der Waals surface area contributed by atoms with E-state index in [0.717, 1.165) is 17.7 Å². The lowest BCUT2D eigenvalue weighted by Crippen LogP contribution is -2.33. The van der Waals surface area contributed by atoms with Crippen LogP contribution in [0.1, 0.15) is 18.1 Å². The molecule has 0 radical (unpaired) electrons. The number of carboxylic acids is 1. The molecule has 0 bridgehead atoms. The van der Waals surface area contributed by atoms with E-state index in [0.29, 0.717) is 0 Å². The molecule has 2 rings (SSSR count). The molecular formula is C11H12O2S. The Hall–Kier alpha value is -0.960. The zero-order valence-corrected chi connectivity index (χ0v) is 8.80. The van der Waals surface area contributed by atoms with Gasteiger partial charge in [-0.25, -0.2) is 0 Å². The third-order valence-corrected chi connectivity index (χ3v) is 4.08. The van der Waals surface area contributed by atoms with Crippen molar-refractivity contribution >= 4 is 17.7 Å². The highest BCUT2D eigenvalue weighted by Gasteiger charge is 2.39. The number of rotatable bonds is 1. The fraction of sp³-hybridized carbons (Fsp3) is 0.364. The van der Waals surface area contributed by atoms with Gasteiger partial charge in [-0.05, 0) is 30.2 Å². The molecule has 1 unspecified atom stereocenters. The summed E-state index contributed by atoms with van der Waals surface area (Å²) < 4.78 is -0.755. The average molecular weight is 208 g/mol. The van der Waals surface area contributed by atoms with E-state index in [4.69, 9.17) is 0 Å². The highest BCUT2D eigenvalue weighted by Crippen LogP contribution is 2.42. The molecule has 3 heteroatoms. The zero-order chi connectivity index (χ0) is 10.2. The number of hydrogen-bond donors (Lipinski definition) is 1. The first-order valence-corrected chi connectivity index (χ1v) is 5.59. The molecule has 0 spiro atoms. The minimum absolute atomic E-state index is 0.741. The second-order valence-electron chi connectivity index (χ2n) is 3.59. The monoisotopic (exact) mass is 208 g/mol. The Morgan fingerprint density at radius 1 is 1.50 bits per heavy atom. The molecule has 0 amide bonds. The van der Waals surface area contributed by atoms with Crippen molar-refractivity contribution in [1.29, 1.82) is 0 Å². The predicted octanol–water partition coefficient (Wildman–Crippen LogP) is 2.28. The number of aliphatic carboxylic acids is 1. The van der Waals surface area contributed by atoms with Gasteiger partial charge in [0.15, 0.2) is 0 Å². The lowest BCUT2D eigenvalue weighted by atomic mass is 9.93. The van der Waals surface area contributed by atoms with E-state index in [9.17, 15) is 9.90 Å². The third-order valence-electron chi connectivity index (χ3n) is 2.70. The van der Waals surface area contributed by atoms with E-state index in [1.807, 2.05) is 24.3 Å². The van der Waals surface area contributed by atoms with E-state index in [2.05, 4.69) is 0 Å². The molecule has 14 heavy (non-hydrogen) atoms. The molecule has 0 aliphatic carbocycles. The molecule has 1 aromatic carbocycles. The molecule has 0 saturated carbocycles. The second-order valence-corrected chi connectivity index (χ2v) is 5.11. The third kappa shape index (κ3) is 1.32. The van der Waals surface area contributed by atoms with Crippen molar-refractivity contribution in [2.75, 3.05) is 5.75 Å². The smallest absolute Gasteiger partial charge is 0.324 e. The fourth-order valence-corrected chi connectivity index (χ4v) is 3.03. The SMILES string of the molecule is CC1(C(=O)O)SCCc2ccccc21. The molecule has 74 valence electrons. The van der Waals surface area contributed by atoms with Crippen LogP contribution in [-0.4, -0.2) is 16.8 Å². The molecule has 1 aromatic rings. The van der Waals surface area contributed by atoms with Crippen molar-refractivity contribution < 1.29 is 9.90 Å². The molecule has 2 nitrogen and oxygen atoms in total. The molecular weight excluding hydrogens is 196 g/mol. The van der Waals surface area contributed by atoms with E-state index >= 15 is 0 Å². The Morgan fingerprint density at radius 2 is 2.21 bits per heavy atom. The van der Waals surface area contributed by atoms with Gasteiger partial charge in [0.2, 0.25) is 0 Å². The topological polar surface area (TPSA) is 37.3 Å². The number of benzene rings is 1. The summed E-state index contributed by atoms with van der Waals surface area (Å²) in [4.78, 5) is 11.2. The Bertz CT molecular complexity index is 375. The maximum atomic E-state index is 11.2. The van der Waals surface area contributed by atoms with Gasteiger partial charge in [0.25, 0.3) is 0 Å². The first-order valence-electron chi connectivity index (χ1n) is 4.60. The number of carbonyl (C=O) groups is 1. The van der Waals surface area contributed by atoms with Gasteiger partial charge in [-0.15, -0.1) is 11.8 Å². The maximum Gasteiger partial charge on any atom is 0.324 e. The summed E-state index contributed by atoms with van der Waals surface area (Å²) in [6.07, 6.45) is 0.976. The van der Waals surface area contributed by atoms with Crippen molar-refractivity contribution in [1.82, 2.24) is 0 Å². The highest BCUT2D eigenvalue weighted by atomic mass is 32.2. The minimum atomic E-state index is -0.755. The van der Waals surface area contributed by atoms with Gasteiger partial charge in [-0.1, -0.05) is 24.3 Å². The Balaban J connectivity index is 2.55. The molecule has 0 saturated heterocycles. The second kappa shape index (κ2) is 3.31. The normalized spacial score (nSPS) is 25.5. The zero-order valence-electron chi connectivity index (χ0n) is 7.99. The number of hydrogen-bond acceptors (Lipinski definition) is 2. The van der Waals surface area contributed by atoms with Crippen molar-refractivity contribution in [3.63, 3.8) is 0 Å². The van der Waals surface area contributed by atoms with Crippen molar-refractivity contribution in [3.8, 4) is 0 Å². The van der Waals surface area contributed by atoms with Crippen molar-refractivity contribution in [2.24, 2.45) is 0 Å². The van der Waals surface area contributed by atoms with Gasteiger partial charge in [0.1, 0.15) is 4.75 Å². The van der Waals surface area contributed by atoms with E-state index < -0.39 is 10.7 Å². The maximum absolute atomic E-state index is 11.2. The summed E-state index contributed by atoms with van der Waals surface area (Å²) in [6, 6.07) is 7.83. The Morgan fingerprint density at radius 3 is 2.93 bits per heavy atom. The van der Waals surface area contributed by atoms with Crippen LogP contribution in [0.25, 0.3) is 0 Å². The summed E-state index contributed by atoms with van der Waals surface area (Å²) in [5.41, 5.74) is 2.14. The summed E-state index contributed by atoms with van der Waals surface area (Å²) in [5, 5.41) is 9.22. The van der Waals surface area contributed by atoms with Gasteiger partial charge in [0.05, 0.1) is 0 Å². The van der Waals surface area contributed by atoms with Crippen LogP contribution in [-0.2, 0) is 16.0 Å². The van der Waals surface area contributed by atoms with E-state index in [1.165, 1.54) is 17.3 Å². The van der Waals surface area contributed by atoms with Crippen LogP contribution < -0.4 is 0 Å². The molecule has 1 aliphatic heterocycles. The summed E-state index contributed by atoms with van der Waals surface area (Å²) in [5.74, 6) is 0.148. The van der Waals surface area contributed by atoms with Gasteiger partial charge in [0, 0.05) is 0 Å². The van der Waals surface area contributed by atoms with Gasteiger partial charge < -0.3 is 5.11 Å². The van der Waals surface area contributed by atoms with Crippen LogP contribution in [0.4, 0.5) is 0 Å². The minimum Gasteiger partial charge on any atom is -0.480 e. The van der Waals surface area contributed by atoms with Crippen LogP contribution in [0.3, 0.4) is 0 Å². The van der Waals surface area contributed by atoms with E-state index in [-0.39, 0.29) is 0 Å². The van der Waals surface area contributed by atoms with Crippen LogP contribution in [0.5, 0.6) is 0 Å². The lowest BCUT2D eigenvalue weighted by Gasteiger charge is -2.31. The van der Waals surface area contributed by atoms with Crippen molar-refractivity contribution in [3.05, 3.63) is 35.4 Å². The first kappa shape index (κ1) is 9.59. The number of carboxylic acid groups (broad SMARTS) is 1. The Labute approximate surface area is 87.3 Å². The standard InChI is InChI=1S/C11H12O2S/c1-11(10(12)13)9-5-3-2-4-8(9)6-7-14-11/h2-5H,6-7H2,1H3,(H,12,13). The molecule has 0 aromatic heterocycles. The quantitative estimate of drug-likeness (QED) is 0.769. The molecule has 0 fully saturated rings. The number of aryl methyl sites for hydroxylation is 1. The number of thioether (sulfide) groups is 1. The van der Waals surface area contributed by atoms with Crippen LogP contribution >= 0.6 is 11.8 Å². The molecule has 1 atom stereocenters. The van der Waals surface area contributed by atoms with Gasteiger partial charge in [-0.3, -0.25) is 4.79 Å². The van der Waals surface area contributed by atoms with Gasteiger partial charge in [-0.2, -0.15) is 0 Å².